The van der Waals surface area contributed by atoms with Crippen molar-refractivity contribution in [2.24, 2.45) is 0 Å². The fourth-order valence-electron chi connectivity index (χ4n) is 3.35. The molecule has 0 spiro atoms. The second-order valence-electron chi connectivity index (χ2n) is 7.06. The number of quaternary nitrogens is 1. The molecule has 1 fully saturated rings. The average Bonchev–Trinajstić information content (AvgIpc) is 3.02. The Labute approximate surface area is 164 Å². The van der Waals surface area contributed by atoms with Gasteiger partial charge in [0.2, 0.25) is 0 Å². The molecule has 1 aromatic heterocycles. The van der Waals surface area contributed by atoms with Gasteiger partial charge in [-0.15, -0.1) is 11.8 Å². The smallest absolute Gasteiger partial charge is 0.134 e. The first-order chi connectivity index (χ1) is 11.2. The van der Waals surface area contributed by atoms with Crippen LogP contribution in [0.15, 0.2) is 5.03 Å². The van der Waals surface area contributed by atoms with Gasteiger partial charge in [0.05, 0.1) is 43.5 Å². The number of rotatable bonds is 10. The van der Waals surface area contributed by atoms with E-state index >= 15 is 0 Å². The van der Waals surface area contributed by atoms with Gasteiger partial charge in [0.15, 0.2) is 0 Å². The maximum Gasteiger partial charge on any atom is 0.134 e. The van der Waals surface area contributed by atoms with E-state index in [9.17, 15) is 0 Å². The van der Waals surface area contributed by atoms with Gasteiger partial charge in [0, 0.05) is 0 Å². The van der Waals surface area contributed by atoms with E-state index in [0.29, 0.717) is 5.92 Å². The quantitative estimate of drug-likeness (QED) is 0.110. The van der Waals surface area contributed by atoms with Gasteiger partial charge in [-0.05, 0) is 47.6 Å². The van der Waals surface area contributed by atoms with E-state index in [4.69, 9.17) is 0 Å². The number of aromatic nitrogens is 2. The van der Waals surface area contributed by atoms with Crippen LogP contribution in [0.5, 0.6) is 0 Å². The second-order valence-corrected chi connectivity index (χ2v) is 9.35. The fraction of sp³-hybridized carbons (Fsp3) is 0.882. The van der Waals surface area contributed by atoms with Crippen LogP contribution in [0.25, 0.3) is 0 Å². The molecule has 0 N–H and O–H groups in total. The van der Waals surface area contributed by atoms with Crippen LogP contribution in [0.1, 0.15) is 69.9 Å². The highest BCUT2D eigenvalue weighted by atomic mass is 127. The zero-order valence-electron chi connectivity index (χ0n) is 14.6. The van der Waals surface area contributed by atoms with Crippen LogP contribution in [-0.4, -0.2) is 43.7 Å². The SMILES string of the molecule is CCCCCCCCSc1nsnc1C1CCC[N+](C)(CI)C1. The van der Waals surface area contributed by atoms with Crippen molar-refractivity contribution in [1.82, 2.24) is 8.75 Å². The van der Waals surface area contributed by atoms with Crippen molar-refractivity contribution < 1.29 is 4.48 Å². The zero-order valence-corrected chi connectivity index (χ0v) is 18.4. The van der Waals surface area contributed by atoms with E-state index in [1.807, 2.05) is 11.8 Å². The van der Waals surface area contributed by atoms with Gasteiger partial charge < -0.3 is 4.48 Å². The van der Waals surface area contributed by atoms with Crippen LogP contribution in [-0.2, 0) is 0 Å². The topological polar surface area (TPSA) is 25.8 Å². The summed E-state index contributed by atoms with van der Waals surface area (Å²) in [5, 5.41) is 1.23. The monoisotopic (exact) mass is 468 g/mol. The summed E-state index contributed by atoms with van der Waals surface area (Å²) in [7, 11) is 2.39. The van der Waals surface area contributed by atoms with Crippen LogP contribution in [0.3, 0.4) is 0 Å². The molecule has 2 rings (SSSR count). The Morgan fingerprint density at radius 3 is 2.78 bits per heavy atom. The number of thioether (sulfide) groups is 1. The third kappa shape index (κ3) is 6.44. The van der Waals surface area contributed by atoms with Gasteiger partial charge in [0.1, 0.15) is 9.58 Å². The Hall–Kier alpha value is 0.600. The lowest BCUT2D eigenvalue weighted by Crippen LogP contribution is -2.49. The van der Waals surface area contributed by atoms with Gasteiger partial charge in [-0.1, -0.05) is 39.0 Å². The Morgan fingerprint density at radius 2 is 2.00 bits per heavy atom. The van der Waals surface area contributed by atoms with E-state index in [2.05, 4.69) is 45.3 Å². The van der Waals surface area contributed by atoms with E-state index in [0.717, 1.165) is 0 Å². The molecule has 132 valence electrons. The number of unbranched alkanes of at least 4 members (excludes halogenated alkanes) is 5. The van der Waals surface area contributed by atoms with Gasteiger partial charge in [-0.25, -0.2) is 0 Å². The van der Waals surface area contributed by atoms with Crippen molar-refractivity contribution in [1.29, 1.82) is 0 Å². The highest BCUT2D eigenvalue weighted by molar-refractivity contribution is 14.1. The van der Waals surface area contributed by atoms with Crippen LogP contribution >= 0.6 is 46.1 Å². The summed E-state index contributed by atoms with van der Waals surface area (Å²) in [5.41, 5.74) is 1.31. The molecule has 0 aromatic carbocycles. The van der Waals surface area contributed by atoms with Gasteiger partial charge in [-0.2, -0.15) is 8.75 Å². The number of hydrogen-bond donors (Lipinski definition) is 0. The largest absolute Gasteiger partial charge is 0.317 e. The number of likely N-dealkylation sites (N-methyl/N-ethyl adjacent to an activating group) is 1. The number of halogens is 1. The highest BCUT2D eigenvalue weighted by Gasteiger charge is 2.33. The molecular weight excluding hydrogens is 437 g/mol. The van der Waals surface area contributed by atoms with Crippen molar-refractivity contribution in [2.45, 2.75) is 69.2 Å². The summed E-state index contributed by atoms with van der Waals surface area (Å²) >= 11 is 5.89. The van der Waals surface area contributed by atoms with Crippen molar-refractivity contribution in [3.05, 3.63) is 5.69 Å². The Morgan fingerprint density at radius 1 is 1.22 bits per heavy atom. The molecule has 3 nitrogen and oxygen atoms in total. The third-order valence-electron chi connectivity index (χ3n) is 4.81. The Bertz CT molecular complexity index is 455. The molecule has 2 atom stereocenters. The molecule has 1 aromatic rings. The molecule has 1 aliphatic heterocycles. The molecule has 0 bridgehead atoms. The van der Waals surface area contributed by atoms with Crippen molar-refractivity contribution in [3.8, 4) is 0 Å². The van der Waals surface area contributed by atoms with Crippen molar-refractivity contribution >= 4 is 46.1 Å². The standard InChI is InChI=1S/C17H31IN3S2/c1-3-4-5-6-7-8-12-22-17-16(19-23-20-17)15-10-9-11-21(2,13-15)14-18/h15H,3-14H2,1-2H3/q+1. The molecule has 0 amide bonds. The summed E-state index contributed by atoms with van der Waals surface area (Å²) in [6, 6.07) is 0. The first-order valence-corrected chi connectivity index (χ1v) is 12.3. The maximum atomic E-state index is 4.68. The van der Waals surface area contributed by atoms with Gasteiger partial charge >= 0.3 is 0 Å². The molecule has 23 heavy (non-hydrogen) atoms. The molecule has 0 aliphatic carbocycles. The summed E-state index contributed by atoms with van der Waals surface area (Å²) < 4.78 is 11.7. The second kappa shape index (κ2) is 10.6. The lowest BCUT2D eigenvalue weighted by Gasteiger charge is -2.39. The molecule has 1 aliphatic rings. The number of likely N-dealkylation sites (tertiary alicyclic amines) is 1. The minimum atomic E-state index is 0.620. The zero-order chi connectivity index (χ0) is 16.5. The van der Waals surface area contributed by atoms with E-state index in [-0.39, 0.29) is 0 Å². The minimum Gasteiger partial charge on any atom is -0.317 e. The first-order valence-electron chi connectivity index (χ1n) is 9.03. The summed E-state index contributed by atoms with van der Waals surface area (Å²) in [5.74, 6) is 1.82. The number of piperidine rings is 1. The van der Waals surface area contributed by atoms with Crippen LogP contribution < -0.4 is 0 Å². The van der Waals surface area contributed by atoms with Crippen LogP contribution in [0, 0.1) is 0 Å². The Balaban J connectivity index is 1.78. The number of alkyl halides is 1. The van der Waals surface area contributed by atoms with E-state index in [1.165, 1.54) is 102 Å². The summed E-state index contributed by atoms with van der Waals surface area (Å²) in [6.07, 6.45) is 10.8. The highest BCUT2D eigenvalue weighted by Crippen LogP contribution is 2.35. The molecule has 0 radical (unpaired) electrons. The van der Waals surface area contributed by atoms with Gasteiger partial charge in [0.25, 0.3) is 0 Å². The Kier molecular flexibility index (Phi) is 9.14. The molecule has 6 heteroatoms. The normalized spacial score (nSPS) is 24.9. The maximum absolute atomic E-state index is 4.68. The molecule has 1 saturated heterocycles. The van der Waals surface area contributed by atoms with E-state index < -0.39 is 0 Å². The third-order valence-corrected chi connectivity index (χ3v) is 8.18. The summed E-state index contributed by atoms with van der Waals surface area (Å²) in [4.78, 5) is 0. The lowest BCUT2D eigenvalue weighted by molar-refractivity contribution is -0.900. The van der Waals surface area contributed by atoms with Crippen molar-refractivity contribution in [2.75, 3.05) is 30.4 Å². The molecular formula is C17H31IN3S2+. The molecule has 2 unspecified atom stereocenters. The molecule has 2 heterocycles. The van der Waals surface area contributed by atoms with Gasteiger partial charge in [-0.3, -0.25) is 0 Å². The summed E-state index contributed by atoms with van der Waals surface area (Å²) in [6.45, 7) is 4.83. The number of hydrogen-bond acceptors (Lipinski definition) is 4. The predicted molar refractivity (Wildman–Crippen MR) is 111 cm³/mol. The molecule has 0 saturated carbocycles. The lowest BCUT2D eigenvalue weighted by atomic mass is 9.94. The van der Waals surface area contributed by atoms with Crippen LogP contribution in [0.2, 0.25) is 0 Å². The van der Waals surface area contributed by atoms with Crippen LogP contribution in [0.4, 0.5) is 0 Å². The average molecular weight is 468 g/mol. The number of nitrogens with zero attached hydrogens (tertiary/aromatic N) is 3. The van der Waals surface area contributed by atoms with E-state index in [1.54, 1.807) is 0 Å². The van der Waals surface area contributed by atoms with Crippen molar-refractivity contribution in [3.63, 3.8) is 0 Å². The fourth-order valence-corrected chi connectivity index (χ4v) is 5.78. The first kappa shape index (κ1) is 19.9. The predicted octanol–water partition coefficient (Wildman–Crippen LogP) is 5.71. The minimum absolute atomic E-state index is 0.620.